The van der Waals surface area contributed by atoms with Gasteiger partial charge < -0.3 is 16.0 Å². The first kappa shape index (κ1) is 20.3. The quantitative estimate of drug-likeness (QED) is 0.587. The average molecular weight is 394 g/mol. The molecule has 0 saturated heterocycles. The van der Waals surface area contributed by atoms with E-state index < -0.39 is 32.7 Å². The molecular formula is C17H19FN4O4S. The van der Waals surface area contributed by atoms with E-state index in [-0.39, 0.29) is 18.8 Å². The third-order valence-corrected chi connectivity index (χ3v) is 4.36. The van der Waals surface area contributed by atoms with Gasteiger partial charge in [-0.25, -0.2) is 22.7 Å². The Morgan fingerprint density at radius 2 is 1.74 bits per heavy atom. The van der Waals surface area contributed by atoms with Gasteiger partial charge in [-0.1, -0.05) is 29.8 Å². The van der Waals surface area contributed by atoms with E-state index in [1.807, 2.05) is 31.2 Å². The molecule has 0 aliphatic carbocycles. The average Bonchev–Trinajstić information content (AvgIpc) is 2.58. The molecule has 144 valence electrons. The highest BCUT2D eigenvalue weighted by molar-refractivity contribution is 7.89. The fourth-order valence-corrected chi connectivity index (χ4v) is 2.68. The van der Waals surface area contributed by atoms with Gasteiger partial charge in [0, 0.05) is 12.2 Å². The molecule has 0 unspecified atom stereocenters. The molecule has 0 radical (unpaired) electrons. The van der Waals surface area contributed by atoms with Gasteiger partial charge in [0.25, 0.3) is 0 Å². The number of hydrogen-bond acceptors (Lipinski definition) is 4. The number of carbonyl (C=O) groups is 2. The number of rotatable bonds is 6. The molecule has 5 N–H and O–H groups in total. The molecule has 0 atom stereocenters. The Hall–Kier alpha value is -2.98. The number of aryl methyl sites for hydroxylation is 1. The third kappa shape index (κ3) is 6.68. The van der Waals surface area contributed by atoms with Crippen LogP contribution in [0, 0.1) is 12.7 Å². The van der Waals surface area contributed by atoms with E-state index in [1.165, 1.54) is 0 Å². The van der Waals surface area contributed by atoms with Crippen LogP contribution in [-0.2, 0) is 21.4 Å². The van der Waals surface area contributed by atoms with Crippen molar-refractivity contribution >= 4 is 27.6 Å². The maximum atomic E-state index is 13.5. The van der Waals surface area contributed by atoms with Crippen molar-refractivity contribution in [1.82, 2.24) is 10.6 Å². The zero-order chi connectivity index (χ0) is 20.0. The van der Waals surface area contributed by atoms with E-state index >= 15 is 0 Å². The molecule has 0 aliphatic heterocycles. The fourth-order valence-electron chi connectivity index (χ4n) is 2.12. The Morgan fingerprint density at radius 1 is 1.07 bits per heavy atom. The number of primary sulfonamides is 1. The first-order chi connectivity index (χ1) is 12.6. The van der Waals surface area contributed by atoms with Crippen molar-refractivity contribution in [3.63, 3.8) is 0 Å². The molecule has 27 heavy (non-hydrogen) atoms. The normalized spacial score (nSPS) is 10.9. The Kier molecular flexibility index (Phi) is 6.48. The summed E-state index contributed by atoms with van der Waals surface area (Å²) in [4.78, 5) is 23.1. The van der Waals surface area contributed by atoms with Crippen LogP contribution in [0.1, 0.15) is 11.1 Å². The summed E-state index contributed by atoms with van der Waals surface area (Å²) in [5.41, 5.74) is 1.91. The van der Waals surface area contributed by atoms with Crippen molar-refractivity contribution in [2.24, 2.45) is 5.14 Å². The van der Waals surface area contributed by atoms with Crippen LogP contribution in [0.15, 0.2) is 47.4 Å². The molecule has 8 nitrogen and oxygen atoms in total. The summed E-state index contributed by atoms with van der Waals surface area (Å²) < 4.78 is 36.0. The van der Waals surface area contributed by atoms with E-state index in [1.54, 1.807) is 0 Å². The van der Waals surface area contributed by atoms with Crippen molar-refractivity contribution in [3.05, 3.63) is 59.4 Å². The summed E-state index contributed by atoms with van der Waals surface area (Å²) in [7, 11) is -4.12. The number of nitrogens with two attached hydrogens (primary N) is 1. The van der Waals surface area contributed by atoms with E-state index in [9.17, 15) is 22.4 Å². The minimum absolute atomic E-state index is 0.0918. The van der Waals surface area contributed by atoms with Crippen LogP contribution in [-0.4, -0.2) is 26.9 Å². The van der Waals surface area contributed by atoms with Crippen LogP contribution in [0.3, 0.4) is 0 Å². The molecule has 0 bridgehead atoms. The monoisotopic (exact) mass is 394 g/mol. The van der Waals surface area contributed by atoms with E-state index in [2.05, 4.69) is 16.0 Å². The van der Waals surface area contributed by atoms with E-state index in [0.29, 0.717) is 0 Å². The molecule has 0 saturated carbocycles. The number of urea groups is 1. The van der Waals surface area contributed by atoms with Crippen molar-refractivity contribution in [2.45, 2.75) is 18.4 Å². The van der Waals surface area contributed by atoms with Crippen molar-refractivity contribution in [3.8, 4) is 0 Å². The maximum Gasteiger partial charge on any atom is 0.315 e. The SMILES string of the molecule is Cc1ccc(CNC(=O)NCC(=O)Nc2cc(F)cc(S(N)(=O)=O)c2)cc1. The molecule has 2 aromatic carbocycles. The van der Waals surface area contributed by atoms with Gasteiger partial charge in [0.2, 0.25) is 15.9 Å². The summed E-state index contributed by atoms with van der Waals surface area (Å²) in [6.45, 7) is 1.85. The van der Waals surface area contributed by atoms with Gasteiger partial charge in [-0.2, -0.15) is 0 Å². The lowest BCUT2D eigenvalue weighted by molar-refractivity contribution is -0.115. The summed E-state index contributed by atoms with van der Waals surface area (Å²) in [5, 5.41) is 12.2. The third-order valence-electron chi connectivity index (χ3n) is 3.47. The zero-order valence-electron chi connectivity index (χ0n) is 14.5. The minimum Gasteiger partial charge on any atom is -0.334 e. The highest BCUT2D eigenvalue weighted by Gasteiger charge is 2.13. The van der Waals surface area contributed by atoms with E-state index in [4.69, 9.17) is 5.14 Å². The lowest BCUT2D eigenvalue weighted by Gasteiger charge is -2.09. The van der Waals surface area contributed by atoms with Crippen molar-refractivity contribution in [2.75, 3.05) is 11.9 Å². The van der Waals surface area contributed by atoms with Gasteiger partial charge in [0.15, 0.2) is 0 Å². The van der Waals surface area contributed by atoms with E-state index in [0.717, 1.165) is 29.3 Å². The molecule has 2 rings (SSSR count). The Bertz CT molecular complexity index is 946. The Balaban J connectivity index is 1.84. The smallest absolute Gasteiger partial charge is 0.315 e. The molecule has 10 heteroatoms. The summed E-state index contributed by atoms with van der Waals surface area (Å²) in [5.74, 6) is -1.54. The van der Waals surface area contributed by atoms with Crippen LogP contribution in [0.2, 0.25) is 0 Å². The second kappa shape index (κ2) is 8.60. The van der Waals surface area contributed by atoms with Gasteiger partial charge in [0.05, 0.1) is 11.4 Å². The maximum absolute atomic E-state index is 13.5. The summed E-state index contributed by atoms with van der Waals surface area (Å²) in [6, 6.07) is 9.70. The second-order valence-electron chi connectivity index (χ2n) is 5.79. The Labute approximate surface area is 156 Å². The van der Waals surface area contributed by atoms with Crippen LogP contribution in [0.25, 0.3) is 0 Å². The van der Waals surface area contributed by atoms with Crippen LogP contribution in [0.5, 0.6) is 0 Å². The number of nitrogens with one attached hydrogen (secondary N) is 3. The second-order valence-corrected chi connectivity index (χ2v) is 7.35. The predicted molar refractivity (Wildman–Crippen MR) is 97.8 cm³/mol. The van der Waals surface area contributed by atoms with Crippen LogP contribution < -0.4 is 21.1 Å². The molecular weight excluding hydrogens is 375 g/mol. The molecule has 3 amide bonds. The molecule has 0 spiro atoms. The van der Waals surface area contributed by atoms with Crippen LogP contribution >= 0.6 is 0 Å². The fraction of sp³-hybridized carbons (Fsp3) is 0.176. The van der Waals surface area contributed by atoms with Gasteiger partial charge in [-0.15, -0.1) is 0 Å². The molecule has 0 fully saturated rings. The van der Waals surface area contributed by atoms with Crippen molar-refractivity contribution in [1.29, 1.82) is 0 Å². The first-order valence-electron chi connectivity index (χ1n) is 7.84. The number of carbonyl (C=O) groups excluding carboxylic acids is 2. The lowest BCUT2D eigenvalue weighted by Crippen LogP contribution is -2.39. The number of halogens is 1. The van der Waals surface area contributed by atoms with Gasteiger partial charge >= 0.3 is 6.03 Å². The van der Waals surface area contributed by atoms with Gasteiger partial charge in [0.1, 0.15) is 5.82 Å². The topological polar surface area (TPSA) is 130 Å². The van der Waals surface area contributed by atoms with Crippen molar-refractivity contribution < 1.29 is 22.4 Å². The number of hydrogen-bond donors (Lipinski definition) is 4. The number of sulfonamides is 1. The minimum atomic E-state index is -4.12. The number of benzene rings is 2. The Morgan fingerprint density at radius 3 is 2.37 bits per heavy atom. The van der Waals surface area contributed by atoms with Gasteiger partial charge in [-0.05, 0) is 30.7 Å². The molecule has 0 aliphatic rings. The predicted octanol–water partition coefficient (Wildman–Crippen LogP) is 1.22. The highest BCUT2D eigenvalue weighted by Crippen LogP contribution is 2.17. The lowest BCUT2D eigenvalue weighted by atomic mass is 10.1. The molecule has 0 aromatic heterocycles. The first-order valence-corrected chi connectivity index (χ1v) is 9.38. The standard InChI is InChI=1S/C17H19FN4O4S/c1-11-2-4-12(5-3-11)9-20-17(24)21-10-16(23)22-14-6-13(18)7-15(8-14)27(19,25)26/h2-8H,9-10H2,1H3,(H,22,23)(H2,19,25,26)(H2,20,21,24). The summed E-state index contributed by atoms with van der Waals surface area (Å²) >= 11 is 0. The number of amides is 3. The summed E-state index contributed by atoms with van der Waals surface area (Å²) in [6.07, 6.45) is 0. The molecule has 2 aromatic rings. The van der Waals surface area contributed by atoms with Crippen LogP contribution in [0.4, 0.5) is 14.9 Å². The number of anilines is 1. The highest BCUT2D eigenvalue weighted by atomic mass is 32.2. The zero-order valence-corrected chi connectivity index (χ0v) is 15.3. The largest absolute Gasteiger partial charge is 0.334 e. The van der Waals surface area contributed by atoms with Gasteiger partial charge in [-0.3, -0.25) is 4.79 Å². The molecule has 0 heterocycles.